The second-order valence-electron chi connectivity index (χ2n) is 4.67. The van der Waals surface area contributed by atoms with Crippen molar-refractivity contribution in [3.8, 4) is 0 Å². The molecule has 0 aliphatic carbocycles. The van der Waals surface area contributed by atoms with Crippen LogP contribution < -0.4 is 0 Å². The van der Waals surface area contributed by atoms with E-state index in [2.05, 4.69) is 0 Å². The molecule has 1 N–H and O–H groups in total. The van der Waals surface area contributed by atoms with Crippen LogP contribution in [0.3, 0.4) is 0 Å². The van der Waals surface area contributed by atoms with E-state index in [1.807, 2.05) is 20.8 Å². The maximum atomic E-state index is 11.8. The highest BCUT2D eigenvalue weighted by atomic mass is 16.5. The van der Waals surface area contributed by atoms with Crippen molar-refractivity contribution < 1.29 is 19.4 Å². The molecule has 0 amide bonds. The Morgan fingerprint density at radius 1 is 1.17 bits per heavy atom. The summed E-state index contributed by atoms with van der Waals surface area (Å²) in [6.45, 7) is 6.37. The summed E-state index contributed by atoms with van der Waals surface area (Å²) in [5, 5.41) is 8.97. The number of aromatic carboxylic acids is 1. The topological polar surface area (TPSA) is 63.6 Å². The lowest BCUT2D eigenvalue weighted by atomic mass is 9.99. The van der Waals surface area contributed by atoms with Gasteiger partial charge in [0.1, 0.15) is 0 Å². The zero-order chi connectivity index (χ0) is 13.7. The highest BCUT2D eigenvalue weighted by Crippen LogP contribution is 2.14. The number of hydrogen-bond donors (Lipinski definition) is 1. The van der Waals surface area contributed by atoms with Crippen LogP contribution >= 0.6 is 0 Å². The van der Waals surface area contributed by atoms with Gasteiger partial charge in [-0.1, -0.05) is 32.9 Å². The van der Waals surface area contributed by atoms with E-state index < -0.39 is 11.9 Å². The highest BCUT2D eigenvalue weighted by Gasteiger charge is 2.18. The molecule has 0 aliphatic rings. The summed E-state index contributed by atoms with van der Waals surface area (Å²) in [6, 6.07) is 6.06. The van der Waals surface area contributed by atoms with Gasteiger partial charge in [-0.3, -0.25) is 0 Å². The predicted molar refractivity (Wildman–Crippen MR) is 67.7 cm³/mol. The third-order valence-corrected chi connectivity index (χ3v) is 2.99. The molecule has 1 atom stereocenters. The largest absolute Gasteiger partial charge is 0.478 e. The van der Waals surface area contributed by atoms with Gasteiger partial charge in [-0.05, 0) is 24.0 Å². The van der Waals surface area contributed by atoms with Crippen LogP contribution in [0.2, 0.25) is 0 Å². The molecule has 0 bridgehead atoms. The van der Waals surface area contributed by atoms with E-state index in [1.165, 1.54) is 12.1 Å². The van der Waals surface area contributed by atoms with Gasteiger partial charge in [-0.2, -0.15) is 0 Å². The van der Waals surface area contributed by atoms with Crippen LogP contribution in [0.5, 0.6) is 0 Å². The number of ether oxygens (including phenoxy) is 1. The van der Waals surface area contributed by atoms with Crippen LogP contribution in [0.4, 0.5) is 0 Å². The minimum Gasteiger partial charge on any atom is -0.478 e. The summed E-state index contributed by atoms with van der Waals surface area (Å²) in [5.74, 6) is -1.06. The molecule has 4 heteroatoms. The van der Waals surface area contributed by atoms with E-state index in [4.69, 9.17) is 9.84 Å². The molecule has 4 nitrogen and oxygen atoms in total. The van der Waals surface area contributed by atoms with Crippen molar-refractivity contribution >= 4 is 11.9 Å². The number of carbonyl (C=O) groups excluding carboxylic acids is 1. The molecule has 1 unspecified atom stereocenters. The van der Waals surface area contributed by atoms with Gasteiger partial charge >= 0.3 is 11.9 Å². The van der Waals surface area contributed by atoms with Crippen LogP contribution in [0.1, 0.15) is 41.5 Å². The fourth-order valence-corrected chi connectivity index (χ4v) is 1.32. The van der Waals surface area contributed by atoms with Gasteiger partial charge in [0.15, 0.2) is 0 Å². The van der Waals surface area contributed by atoms with E-state index in [0.717, 1.165) is 0 Å². The first kappa shape index (κ1) is 14.2. The fraction of sp³-hybridized carbons (Fsp3) is 0.429. The first-order valence-corrected chi connectivity index (χ1v) is 5.93. The summed E-state index contributed by atoms with van der Waals surface area (Å²) < 4.78 is 5.14. The molecule has 0 spiro atoms. The van der Waals surface area contributed by atoms with Crippen LogP contribution in [-0.2, 0) is 4.74 Å². The smallest absolute Gasteiger partial charge is 0.339 e. The Balaban J connectivity index is 2.76. The zero-order valence-electron chi connectivity index (χ0n) is 10.8. The van der Waals surface area contributed by atoms with Crippen LogP contribution in [0, 0.1) is 11.8 Å². The van der Waals surface area contributed by atoms with E-state index >= 15 is 0 Å². The van der Waals surface area contributed by atoms with E-state index in [-0.39, 0.29) is 17.0 Å². The number of benzene rings is 1. The lowest BCUT2D eigenvalue weighted by Gasteiger charge is -2.15. The van der Waals surface area contributed by atoms with E-state index in [1.54, 1.807) is 12.1 Å². The molecule has 0 aromatic heterocycles. The third kappa shape index (κ3) is 3.58. The standard InChI is InChI=1S/C14H18O4/c1-9(2)10(3)8-18-14(17)12-7-5-4-6-11(12)13(15)16/h4-7,9-10H,8H2,1-3H3,(H,15,16). The maximum absolute atomic E-state index is 11.8. The number of hydrogen-bond acceptors (Lipinski definition) is 3. The van der Waals surface area contributed by atoms with Crippen LogP contribution in [0.15, 0.2) is 24.3 Å². The van der Waals surface area contributed by atoms with Crippen molar-refractivity contribution in [1.29, 1.82) is 0 Å². The molecular formula is C14H18O4. The quantitative estimate of drug-likeness (QED) is 0.816. The van der Waals surface area contributed by atoms with Gasteiger partial charge in [0.2, 0.25) is 0 Å². The molecule has 18 heavy (non-hydrogen) atoms. The van der Waals surface area contributed by atoms with Crippen molar-refractivity contribution in [3.05, 3.63) is 35.4 Å². The number of esters is 1. The fourth-order valence-electron chi connectivity index (χ4n) is 1.32. The second-order valence-corrected chi connectivity index (χ2v) is 4.67. The average Bonchev–Trinajstić information content (AvgIpc) is 2.35. The Hall–Kier alpha value is -1.84. The summed E-state index contributed by atoms with van der Waals surface area (Å²) in [5.41, 5.74) is 0.0701. The van der Waals surface area contributed by atoms with E-state index in [0.29, 0.717) is 12.5 Å². The van der Waals surface area contributed by atoms with Crippen molar-refractivity contribution in [2.75, 3.05) is 6.61 Å². The van der Waals surface area contributed by atoms with Crippen molar-refractivity contribution in [2.45, 2.75) is 20.8 Å². The predicted octanol–water partition coefficient (Wildman–Crippen LogP) is 2.83. The van der Waals surface area contributed by atoms with Crippen LogP contribution in [-0.4, -0.2) is 23.7 Å². The minimum absolute atomic E-state index is 0.0281. The molecule has 0 aliphatic heterocycles. The number of carbonyl (C=O) groups is 2. The molecular weight excluding hydrogens is 232 g/mol. The van der Waals surface area contributed by atoms with Gasteiger partial charge in [-0.25, -0.2) is 9.59 Å². The molecule has 0 radical (unpaired) electrons. The molecule has 98 valence electrons. The Morgan fingerprint density at radius 3 is 2.22 bits per heavy atom. The van der Waals surface area contributed by atoms with Crippen molar-refractivity contribution in [1.82, 2.24) is 0 Å². The Morgan fingerprint density at radius 2 is 1.72 bits per heavy atom. The van der Waals surface area contributed by atoms with Crippen LogP contribution in [0.25, 0.3) is 0 Å². The highest BCUT2D eigenvalue weighted by molar-refractivity contribution is 6.02. The Labute approximate surface area is 107 Å². The summed E-state index contributed by atoms with van der Waals surface area (Å²) in [4.78, 5) is 22.8. The van der Waals surface area contributed by atoms with Gasteiger partial charge < -0.3 is 9.84 Å². The molecule has 0 fully saturated rings. The summed E-state index contributed by atoms with van der Waals surface area (Å²) >= 11 is 0. The Bertz CT molecular complexity index is 437. The lowest BCUT2D eigenvalue weighted by molar-refractivity contribution is 0.0412. The van der Waals surface area contributed by atoms with E-state index in [9.17, 15) is 9.59 Å². The van der Waals surface area contributed by atoms with Crippen molar-refractivity contribution in [3.63, 3.8) is 0 Å². The lowest BCUT2D eigenvalue weighted by Crippen LogP contribution is -2.18. The molecule has 0 heterocycles. The second kappa shape index (κ2) is 6.19. The first-order chi connectivity index (χ1) is 8.43. The maximum Gasteiger partial charge on any atom is 0.339 e. The van der Waals surface area contributed by atoms with Gasteiger partial charge in [-0.15, -0.1) is 0 Å². The molecule has 1 aromatic carbocycles. The monoisotopic (exact) mass is 250 g/mol. The summed E-state index contributed by atoms with van der Waals surface area (Å²) in [7, 11) is 0. The molecule has 0 saturated heterocycles. The SMILES string of the molecule is CC(C)C(C)COC(=O)c1ccccc1C(=O)O. The van der Waals surface area contributed by atoms with Gasteiger partial charge in [0, 0.05) is 0 Å². The number of carboxylic acids is 1. The minimum atomic E-state index is -1.13. The average molecular weight is 250 g/mol. The number of carboxylic acid groups (broad SMARTS) is 1. The molecule has 1 aromatic rings. The third-order valence-electron chi connectivity index (χ3n) is 2.99. The molecule has 0 saturated carbocycles. The zero-order valence-corrected chi connectivity index (χ0v) is 10.8. The molecule has 1 rings (SSSR count). The number of rotatable bonds is 5. The normalized spacial score (nSPS) is 12.2. The first-order valence-electron chi connectivity index (χ1n) is 5.93. The van der Waals surface area contributed by atoms with Gasteiger partial charge in [0.25, 0.3) is 0 Å². The van der Waals surface area contributed by atoms with Gasteiger partial charge in [0.05, 0.1) is 17.7 Å². The Kier molecular flexibility index (Phi) is 4.89. The van der Waals surface area contributed by atoms with Crippen molar-refractivity contribution in [2.24, 2.45) is 11.8 Å². The summed E-state index contributed by atoms with van der Waals surface area (Å²) in [6.07, 6.45) is 0.